The van der Waals surface area contributed by atoms with Crippen LogP contribution in [0.2, 0.25) is 0 Å². The summed E-state index contributed by atoms with van der Waals surface area (Å²) in [4.78, 5) is 32.0. The van der Waals surface area contributed by atoms with E-state index in [0.717, 1.165) is 0 Å². The summed E-state index contributed by atoms with van der Waals surface area (Å²) in [5.41, 5.74) is 9.65. The summed E-state index contributed by atoms with van der Waals surface area (Å²) in [5.74, 6) is 13.7. The second kappa shape index (κ2) is 6.94. The first-order valence-electron chi connectivity index (χ1n) is 4.61. The van der Waals surface area contributed by atoms with E-state index in [2.05, 4.69) is 11.8 Å². The minimum atomic E-state index is -1.38. The van der Waals surface area contributed by atoms with Gasteiger partial charge in [0.05, 0.1) is 6.54 Å². The molecule has 0 aliphatic carbocycles. The Kier molecular flexibility index (Phi) is 5.97. The van der Waals surface area contributed by atoms with Gasteiger partial charge in [-0.3, -0.25) is 5.01 Å². The third-order valence-electron chi connectivity index (χ3n) is 1.83. The molecular formula is C8H14N6O4. The monoisotopic (exact) mass is 258 g/mol. The number of rotatable bonds is 4. The molecule has 9 N–H and O–H groups in total. The normalized spacial score (nSPS) is 10.8. The molecule has 0 saturated heterocycles. The predicted octanol–water partition coefficient (Wildman–Crippen LogP) is -2.66. The van der Waals surface area contributed by atoms with Gasteiger partial charge in [0.15, 0.2) is 6.04 Å². The largest absolute Gasteiger partial charge is 0.480 e. The van der Waals surface area contributed by atoms with Crippen LogP contribution in [0.15, 0.2) is 0 Å². The molecule has 0 bridgehead atoms. The number of hydrogen-bond acceptors (Lipinski definition) is 5. The Hall–Kier alpha value is -2.51. The molecule has 100 valence electrons. The fraction of sp³-hybridized carbons (Fsp3) is 0.375. The van der Waals surface area contributed by atoms with Crippen molar-refractivity contribution in [2.24, 2.45) is 23.2 Å². The fourth-order valence-corrected chi connectivity index (χ4v) is 0.846. The molecule has 1 unspecified atom stereocenters. The van der Waals surface area contributed by atoms with Crippen LogP contribution < -0.4 is 23.2 Å². The Morgan fingerprint density at radius 1 is 1.11 bits per heavy atom. The van der Waals surface area contributed by atoms with E-state index >= 15 is 0 Å². The van der Waals surface area contributed by atoms with E-state index in [0.29, 0.717) is 10.0 Å². The molecule has 10 heteroatoms. The van der Waals surface area contributed by atoms with E-state index in [1.165, 1.54) is 0 Å². The molecule has 0 rings (SSSR count). The van der Waals surface area contributed by atoms with Gasteiger partial charge < -0.3 is 16.6 Å². The average molecular weight is 258 g/mol. The van der Waals surface area contributed by atoms with Crippen molar-refractivity contribution in [3.63, 3.8) is 0 Å². The Balaban J connectivity index is 4.47. The molecule has 0 aliphatic rings. The second-order valence-electron chi connectivity index (χ2n) is 3.12. The van der Waals surface area contributed by atoms with E-state index in [4.69, 9.17) is 28.3 Å². The minimum Gasteiger partial charge on any atom is -0.480 e. The number of carboxylic acid groups (broad SMARTS) is 1. The quantitative estimate of drug-likeness (QED) is 0.159. The Morgan fingerprint density at radius 3 is 2.06 bits per heavy atom. The molecule has 0 heterocycles. The van der Waals surface area contributed by atoms with Crippen LogP contribution in [0.1, 0.15) is 6.42 Å². The Bertz CT molecular complexity index is 400. The van der Waals surface area contributed by atoms with Crippen LogP contribution in [0, 0.1) is 11.8 Å². The summed E-state index contributed by atoms with van der Waals surface area (Å²) in [6.45, 7) is -0.178. The fourth-order valence-electron chi connectivity index (χ4n) is 0.846. The van der Waals surface area contributed by atoms with E-state index in [9.17, 15) is 14.4 Å². The van der Waals surface area contributed by atoms with Gasteiger partial charge in [-0.1, -0.05) is 11.8 Å². The van der Waals surface area contributed by atoms with Crippen LogP contribution in [0.4, 0.5) is 9.59 Å². The van der Waals surface area contributed by atoms with Gasteiger partial charge in [0.2, 0.25) is 0 Å². The van der Waals surface area contributed by atoms with Gasteiger partial charge in [-0.2, -0.15) is 0 Å². The molecule has 0 aromatic heterocycles. The maximum absolute atomic E-state index is 10.8. The summed E-state index contributed by atoms with van der Waals surface area (Å²) in [5, 5.41) is 9.77. The van der Waals surface area contributed by atoms with Crippen LogP contribution in [-0.4, -0.2) is 45.7 Å². The molecule has 0 spiro atoms. The highest BCUT2D eigenvalue weighted by molar-refractivity contribution is 5.81. The predicted molar refractivity (Wildman–Crippen MR) is 59.9 cm³/mol. The van der Waals surface area contributed by atoms with Crippen LogP contribution in [-0.2, 0) is 4.79 Å². The van der Waals surface area contributed by atoms with Crippen molar-refractivity contribution in [3.05, 3.63) is 0 Å². The number of nitrogens with two attached hydrogens (primary N) is 4. The zero-order valence-electron chi connectivity index (χ0n) is 9.37. The van der Waals surface area contributed by atoms with Crippen molar-refractivity contribution in [1.82, 2.24) is 10.0 Å². The number of urea groups is 2. The highest BCUT2D eigenvalue weighted by Crippen LogP contribution is 1.98. The molecule has 10 nitrogen and oxygen atoms in total. The van der Waals surface area contributed by atoms with E-state index in [1.807, 2.05) is 0 Å². The van der Waals surface area contributed by atoms with Crippen molar-refractivity contribution in [3.8, 4) is 11.8 Å². The summed E-state index contributed by atoms with van der Waals surface area (Å²) >= 11 is 0. The van der Waals surface area contributed by atoms with Gasteiger partial charge in [-0.25, -0.2) is 31.1 Å². The molecule has 4 amide bonds. The smallest absolute Gasteiger partial charge is 0.329 e. The summed E-state index contributed by atoms with van der Waals surface area (Å²) < 4.78 is 0. The first-order chi connectivity index (χ1) is 8.27. The van der Waals surface area contributed by atoms with Gasteiger partial charge in [-0.15, -0.1) is 0 Å². The number of hydrogen-bond donors (Lipinski definition) is 5. The van der Waals surface area contributed by atoms with Crippen LogP contribution in [0.3, 0.4) is 0 Å². The van der Waals surface area contributed by atoms with Crippen LogP contribution in [0.25, 0.3) is 0 Å². The Labute approximate surface area is 102 Å². The lowest BCUT2D eigenvalue weighted by atomic mass is 10.2. The maximum atomic E-state index is 10.8. The first-order valence-corrected chi connectivity index (χ1v) is 4.61. The van der Waals surface area contributed by atoms with E-state index in [-0.39, 0.29) is 13.0 Å². The molecule has 0 aromatic rings. The lowest BCUT2D eigenvalue weighted by molar-refractivity contribution is -0.142. The van der Waals surface area contributed by atoms with Crippen LogP contribution in [0.5, 0.6) is 0 Å². The van der Waals surface area contributed by atoms with Crippen molar-refractivity contribution >= 4 is 18.0 Å². The van der Waals surface area contributed by atoms with E-state index in [1.54, 1.807) is 0 Å². The molecule has 0 fully saturated rings. The zero-order chi connectivity index (χ0) is 14.3. The summed E-state index contributed by atoms with van der Waals surface area (Å²) in [6.07, 6.45) is -0.263. The lowest BCUT2D eigenvalue weighted by Gasteiger charge is -2.19. The number of hydrazine groups is 2. The highest BCUT2D eigenvalue weighted by Gasteiger charge is 2.24. The molecule has 0 aliphatic heterocycles. The van der Waals surface area contributed by atoms with Crippen molar-refractivity contribution < 1.29 is 19.5 Å². The number of carbonyl (C=O) groups excluding carboxylic acids is 2. The summed E-state index contributed by atoms with van der Waals surface area (Å²) in [6, 6.07) is -3.35. The number of nitrogens with zero attached hydrogens (tertiary/aromatic N) is 2. The molecule has 0 saturated carbocycles. The zero-order valence-corrected chi connectivity index (χ0v) is 9.37. The number of carboxylic acids is 1. The third kappa shape index (κ3) is 5.01. The molecule has 0 radical (unpaired) electrons. The van der Waals surface area contributed by atoms with Crippen molar-refractivity contribution in [2.75, 3.05) is 6.54 Å². The van der Waals surface area contributed by atoms with Crippen molar-refractivity contribution in [1.29, 1.82) is 0 Å². The van der Waals surface area contributed by atoms with Gasteiger partial charge >= 0.3 is 18.0 Å². The minimum absolute atomic E-state index is 0.178. The van der Waals surface area contributed by atoms with Gasteiger partial charge in [-0.05, 0) is 0 Å². The molecule has 1 atom stereocenters. The Morgan fingerprint density at radius 2 is 1.67 bits per heavy atom. The van der Waals surface area contributed by atoms with E-state index < -0.39 is 24.1 Å². The van der Waals surface area contributed by atoms with Crippen LogP contribution >= 0.6 is 0 Å². The lowest BCUT2D eigenvalue weighted by Crippen LogP contribution is -2.51. The maximum Gasteiger partial charge on any atom is 0.329 e. The van der Waals surface area contributed by atoms with Gasteiger partial charge in [0.25, 0.3) is 0 Å². The summed E-state index contributed by atoms with van der Waals surface area (Å²) in [7, 11) is 0. The third-order valence-corrected chi connectivity index (χ3v) is 1.83. The second-order valence-corrected chi connectivity index (χ2v) is 3.12. The van der Waals surface area contributed by atoms with Gasteiger partial charge in [0, 0.05) is 6.42 Å². The highest BCUT2D eigenvalue weighted by atomic mass is 16.4. The molecular weight excluding hydrogens is 244 g/mol. The van der Waals surface area contributed by atoms with Crippen molar-refractivity contribution in [2.45, 2.75) is 12.5 Å². The first kappa shape index (κ1) is 15.5. The molecule has 18 heavy (non-hydrogen) atoms. The number of amides is 4. The molecule has 0 aromatic carbocycles. The topological polar surface area (TPSA) is 182 Å². The average Bonchev–Trinajstić information content (AvgIpc) is 2.26. The number of primary amides is 2. The van der Waals surface area contributed by atoms with Gasteiger partial charge in [0.1, 0.15) is 0 Å². The number of carbonyl (C=O) groups is 3. The SMILES string of the molecule is NC(=O)N(N)CC#CCC(C(=O)O)N(N)C(N)=O. The standard InChI is InChI=1S/C8H14N6O4/c9-7(17)13(11)4-2-1-3-5(6(15)16)14(12)8(10)18/h5H,3-4,11-12H2,(H2,9,17)(H2,10,18)(H,15,16). The number of aliphatic carboxylic acids is 1.